The number of nitrogens with one attached hydrogen (secondary N) is 1. The van der Waals surface area contributed by atoms with Crippen LogP contribution in [-0.2, 0) is 9.59 Å². The highest BCUT2D eigenvalue weighted by atomic mass is 35.5. The zero-order chi connectivity index (χ0) is 15.7. The van der Waals surface area contributed by atoms with Crippen LogP contribution in [0.4, 0.5) is 0 Å². The van der Waals surface area contributed by atoms with E-state index in [1.54, 1.807) is 17.2 Å². The Morgan fingerprint density at radius 2 is 2.05 bits per heavy atom. The number of carboxylic acid groups (broad SMARTS) is 1. The van der Waals surface area contributed by atoms with E-state index in [1.807, 2.05) is 17.0 Å². The maximum Gasteiger partial charge on any atom is 0.325 e. The molecule has 1 aromatic heterocycles. The number of carbonyl (C=O) groups is 2. The van der Waals surface area contributed by atoms with E-state index in [4.69, 9.17) is 11.6 Å². The zero-order valence-electron chi connectivity index (χ0n) is 11.8. The lowest BCUT2D eigenvalue weighted by Crippen LogP contribution is -2.48. The van der Waals surface area contributed by atoms with Gasteiger partial charge >= 0.3 is 5.97 Å². The first-order valence-corrected chi connectivity index (χ1v) is 7.41. The van der Waals surface area contributed by atoms with Crippen molar-refractivity contribution in [3.05, 3.63) is 35.0 Å². The summed E-state index contributed by atoms with van der Waals surface area (Å²) in [4.78, 5) is 29.2. The maximum atomic E-state index is 11.8. The van der Waals surface area contributed by atoms with Gasteiger partial charge in [-0.2, -0.15) is 0 Å². The molecule has 1 aliphatic rings. The van der Waals surface area contributed by atoms with Crippen LogP contribution in [0.15, 0.2) is 24.4 Å². The van der Waals surface area contributed by atoms with E-state index in [0.717, 1.165) is 17.3 Å². The highest BCUT2D eigenvalue weighted by Gasteiger charge is 2.32. The molecule has 0 bridgehead atoms. The number of carbonyl (C=O) groups excluding carboxylic acids is 1. The van der Waals surface area contributed by atoms with Crippen molar-refractivity contribution < 1.29 is 14.7 Å². The molecule has 3 rings (SSSR count). The van der Waals surface area contributed by atoms with Gasteiger partial charge < -0.3 is 15.0 Å². The average Bonchev–Trinajstić information content (AvgIpc) is 2.93. The Balaban J connectivity index is 1.97. The number of H-pyrrole nitrogens is 1. The molecular formula is C15H16ClN3O3. The number of hydrogen-bond donors (Lipinski definition) is 2. The molecule has 116 valence electrons. The molecule has 1 fully saturated rings. The summed E-state index contributed by atoms with van der Waals surface area (Å²) in [6, 6.07) is 4.67. The highest BCUT2D eigenvalue weighted by Crippen LogP contribution is 2.33. The van der Waals surface area contributed by atoms with Crippen molar-refractivity contribution in [1.29, 1.82) is 0 Å². The molecule has 6 nitrogen and oxygen atoms in total. The van der Waals surface area contributed by atoms with Crippen molar-refractivity contribution in [3.8, 4) is 0 Å². The Hall–Kier alpha value is -2.05. The molecule has 1 unspecified atom stereocenters. The third-order valence-electron chi connectivity index (χ3n) is 4.08. The van der Waals surface area contributed by atoms with Gasteiger partial charge in [0.2, 0.25) is 6.41 Å². The summed E-state index contributed by atoms with van der Waals surface area (Å²) < 4.78 is 0. The van der Waals surface area contributed by atoms with E-state index in [2.05, 4.69) is 4.98 Å². The van der Waals surface area contributed by atoms with Crippen LogP contribution in [0, 0.1) is 0 Å². The Bertz CT molecular complexity index is 707. The van der Waals surface area contributed by atoms with E-state index in [-0.39, 0.29) is 0 Å². The minimum absolute atomic E-state index is 0.521. The first-order chi connectivity index (χ1) is 10.6. The number of aromatic nitrogens is 1. The summed E-state index contributed by atoms with van der Waals surface area (Å²) in [5.74, 6) is -0.916. The molecule has 2 N–H and O–H groups in total. The lowest BCUT2D eigenvalue weighted by Gasteiger charge is -2.36. The molecule has 1 aromatic carbocycles. The number of nitrogens with zero attached hydrogens (tertiary/aromatic N) is 2. The number of hydrogen-bond acceptors (Lipinski definition) is 3. The Labute approximate surface area is 132 Å². The molecule has 2 heterocycles. The largest absolute Gasteiger partial charge is 0.480 e. The molecule has 0 aliphatic carbocycles. The van der Waals surface area contributed by atoms with Gasteiger partial charge in [0, 0.05) is 48.8 Å². The normalized spacial score (nSPS) is 17.6. The molecule has 1 amide bonds. The second-order valence-corrected chi connectivity index (χ2v) is 5.73. The fourth-order valence-corrected chi connectivity index (χ4v) is 3.25. The first-order valence-electron chi connectivity index (χ1n) is 7.03. The number of fused-ring (bicyclic) bond motifs is 1. The fraction of sp³-hybridized carbons (Fsp3) is 0.333. The SMILES string of the molecule is O=CN1CCN(C(C(=O)O)c2c[nH]c3cccc(Cl)c23)CC1. The van der Waals surface area contributed by atoms with E-state index >= 15 is 0 Å². The van der Waals surface area contributed by atoms with Gasteiger partial charge in [0.05, 0.1) is 5.02 Å². The van der Waals surface area contributed by atoms with Crippen molar-refractivity contribution in [2.45, 2.75) is 6.04 Å². The lowest BCUT2D eigenvalue weighted by molar-refractivity contribution is -0.144. The van der Waals surface area contributed by atoms with Gasteiger partial charge in [-0.25, -0.2) is 0 Å². The Morgan fingerprint density at radius 3 is 2.68 bits per heavy atom. The van der Waals surface area contributed by atoms with Crippen LogP contribution < -0.4 is 0 Å². The van der Waals surface area contributed by atoms with Gasteiger partial charge in [-0.05, 0) is 12.1 Å². The topological polar surface area (TPSA) is 76.6 Å². The molecule has 2 aromatic rings. The van der Waals surface area contributed by atoms with E-state index in [1.165, 1.54) is 0 Å². The number of piperazine rings is 1. The molecule has 22 heavy (non-hydrogen) atoms. The van der Waals surface area contributed by atoms with Gasteiger partial charge in [0.15, 0.2) is 0 Å². The number of aromatic amines is 1. The smallest absolute Gasteiger partial charge is 0.325 e. The fourth-order valence-electron chi connectivity index (χ4n) is 2.97. The third kappa shape index (κ3) is 2.55. The Morgan fingerprint density at radius 1 is 1.32 bits per heavy atom. The molecule has 1 atom stereocenters. The van der Waals surface area contributed by atoms with Gasteiger partial charge in [0.1, 0.15) is 6.04 Å². The van der Waals surface area contributed by atoms with Crippen molar-refractivity contribution in [3.63, 3.8) is 0 Å². The highest BCUT2D eigenvalue weighted by molar-refractivity contribution is 6.35. The van der Waals surface area contributed by atoms with Crippen molar-refractivity contribution in [2.75, 3.05) is 26.2 Å². The maximum absolute atomic E-state index is 11.8. The number of amides is 1. The molecule has 0 radical (unpaired) electrons. The van der Waals surface area contributed by atoms with Gasteiger partial charge in [-0.3, -0.25) is 14.5 Å². The summed E-state index contributed by atoms with van der Waals surface area (Å²) >= 11 is 6.25. The number of halogens is 1. The Kier molecular flexibility index (Phi) is 4.04. The number of rotatable bonds is 4. The van der Waals surface area contributed by atoms with Gasteiger partial charge in [-0.1, -0.05) is 17.7 Å². The van der Waals surface area contributed by atoms with Crippen molar-refractivity contribution >= 4 is 34.9 Å². The van der Waals surface area contributed by atoms with E-state index in [0.29, 0.717) is 36.8 Å². The molecule has 0 spiro atoms. The standard InChI is InChI=1S/C15H16ClN3O3/c16-11-2-1-3-12-13(11)10(8-17-12)14(15(21)22)19-6-4-18(9-20)5-7-19/h1-3,8-9,14,17H,4-7H2,(H,21,22). The summed E-state index contributed by atoms with van der Waals surface area (Å²) in [5, 5.41) is 11.0. The van der Waals surface area contributed by atoms with Crippen LogP contribution in [0.1, 0.15) is 11.6 Å². The average molecular weight is 322 g/mol. The van der Waals surface area contributed by atoms with Crippen LogP contribution in [0.5, 0.6) is 0 Å². The van der Waals surface area contributed by atoms with Crippen LogP contribution in [-0.4, -0.2) is 58.4 Å². The van der Waals surface area contributed by atoms with Crippen LogP contribution in [0.3, 0.4) is 0 Å². The van der Waals surface area contributed by atoms with Gasteiger partial charge in [0.25, 0.3) is 0 Å². The van der Waals surface area contributed by atoms with E-state index in [9.17, 15) is 14.7 Å². The summed E-state index contributed by atoms with van der Waals surface area (Å²) in [7, 11) is 0. The first kappa shape index (κ1) is 14.9. The summed E-state index contributed by atoms with van der Waals surface area (Å²) in [6.07, 6.45) is 2.51. The monoisotopic (exact) mass is 321 g/mol. The predicted molar refractivity (Wildman–Crippen MR) is 82.9 cm³/mol. The van der Waals surface area contributed by atoms with E-state index < -0.39 is 12.0 Å². The number of aliphatic carboxylic acids is 1. The molecular weight excluding hydrogens is 306 g/mol. The minimum atomic E-state index is -0.916. The number of benzene rings is 1. The summed E-state index contributed by atoms with van der Waals surface area (Å²) in [6.45, 7) is 2.10. The lowest BCUT2D eigenvalue weighted by atomic mass is 10.0. The van der Waals surface area contributed by atoms with Crippen LogP contribution in [0.2, 0.25) is 5.02 Å². The second-order valence-electron chi connectivity index (χ2n) is 5.32. The zero-order valence-corrected chi connectivity index (χ0v) is 12.6. The number of carboxylic acids is 1. The quantitative estimate of drug-likeness (QED) is 0.841. The predicted octanol–water partition coefficient (Wildman–Crippen LogP) is 1.72. The van der Waals surface area contributed by atoms with Crippen LogP contribution >= 0.6 is 11.6 Å². The van der Waals surface area contributed by atoms with Gasteiger partial charge in [-0.15, -0.1) is 0 Å². The van der Waals surface area contributed by atoms with Crippen molar-refractivity contribution in [1.82, 2.24) is 14.8 Å². The molecule has 7 heteroatoms. The minimum Gasteiger partial charge on any atom is -0.480 e. The summed E-state index contributed by atoms with van der Waals surface area (Å²) in [5.41, 5.74) is 1.48. The third-order valence-corrected chi connectivity index (χ3v) is 4.39. The van der Waals surface area contributed by atoms with Crippen molar-refractivity contribution in [2.24, 2.45) is 0 Å². The van der Waals surface area contributed by atoms with Crippen LogP contribution in [0.25, 0.3) is 10.9 Å². The molecule has 0 saturated carbocycles. The molecule has 1 aliphatic heterocycles. The second kappa shape index (κ2) is 5.98. The molecule has 1 saturated heterocycles.